The van der Waals surface area contributed by atoms with Gasteiger partial charge in [0.15, 0.2) is 0 Å². The second-order valence-electron chi connectivity index (χ2n) is 4.62. The van der Waals surface area contributed by atoms with E-state index in [4.69, 9.17) is 17.3 Å². The van der Waals surface area contributed by atoms with Crippen LogP contribution in [0.5, 0.6) is 0 Å². The molecule has 20 heavy (non-hydrogen) atoms. The van der Waals surface area contributed by atoms with Crippen molar-refractivity contribution < 1.29 is 13.2 Å². The SMILES string of the molecule is NC(Cc1ccc(F)c(Cl)c1)Cc1c(F)cccc1F. The average Bonchev–Trinajstić information content (AvgIpc) is 2.38. The first-order valence-electron chi connectivity index (χ1n) is 6.09. The number of hydrogen-bond acceptors (Lipinski definition) is 1. The first-order valence-corrected chi connectivity index (χ1v) is 6.47. The van der Waals surface area contributed by atoms with Crippen LogP contribution in [0.2, 0.25) is 5.02 Å². The van der Waals surface area contributed by atoms with E-state index in [0.29, 0.717) is 6.42 Å². The Bertz CT molecular complexity index is 596. The minimum atomic E-state index is -0.613. The fraction of sp³-hybridized carbons (Fsp3) is 0.200. The van der Waals surface area contributed by atoms with Crippen LogP contribution < -0.4 is 5.73 Å². The number of halogens is 4. The van der Waals surface area contributed by atoms with Gasteiger partial charge in [-0.25, -0.2) is 13.2 Å². The van der Waals surface area contributed by atoms with Gasteiger partial charge >= 0.3 is 0 Å². The van der Waals surface area contributed by atoms with Gasteiger partial charge in [0.1, 0.15) is 17.5 Å². The first-order chi connectivity index (χ1) is 9.47. The summed E-state index contributed by atoms with van der Waals surface area (Å²) in [7, 11) is 0. The summed E-state index contributed by atoms with van der Waals surface area (Å²) in [5.74, 6) is -1.74. The minimum Gasteiger partial charge on any atom is -0.327 e. The largest absolute Gasteiger partial charge is 0.327 e. The van der Waals surface area contributed by atoms with Crippen molar-refractivity contribution in [2.24, 2.45) is 5.73 Å². The van der Waals surface area contributed by atoms with E-state index in [1.807, 2.05) is 0 Å². The molecule has 0 aliphatic rings. The topological polar surface area (TPSA) is 26.0 Å². The molecule has 0 fully saturated rings. The fourth-order valence-electron chi connectivity index (χ4n) is 2.03. The summed E-state index contributed by atoms with van der Waals surface area (Å²) in [5, 5.41) is 0.00627. The maximum atomic E-state index is 13.5. The average molecular weight is 300 g/mol. The highest BCUT2D eigenvalue weighted by Gasteiger charge is 2.14. The Labute approximate surface area is 120 Å². The zero-order valence-electron chi connectivity index (χ0n) is 10.5. The minimum absolute atomic E-state index is 0.00627. The summed E-state index contributed by atoms with van der Waals surface area (Å²) < 4.78 is 40.0. The molecule has 0 aromatic heterocycles. The summed E-state index contributed by atoms with van der Waals surface area (Å²) >= 11 is 5.67. The van der Waals surface area contributed by atoms with E-state index >= 15 is 0 Å². The second-order valence-corrected chi connectivity index (χ2v) is 5.02. The molecule has 1 unspecified atom stereocenters. The molecule has 5 heteroatoms. The maximum absolute atomic E-state index is 13.5. The van der Waals surface area contributed by atoms with Crippen LogP contribution in [0, 0.1) is 17.5 Å². The second kappa shape index (κ2) is 6.29. The molecule has 2 aromatic carbocycles. The highest BCUT2D eigenvalue weighted by atomic mass is 35.5. The molecule has 106 valence electrons. The van der Waals surface area contributed by atoms with E-state index in [1.165, 1.54) is 30.3 Å². The van der Waals surface area contributed by atoms with E-state index in [2.05, 4.69) is 0 Å². The Hall–Kier alpha value is -1.52. The summed E-state index contributed by atoms with van der Waals surface area (Å²) in [6.07, 6.45) is 0.418. The molecular weight excluding hydrogens is 287 g/mol. The zero-order valence-corrected chi connectivity index (χ0v) is 11.3. The lowest BCUT2D eigenvalue weighted by molar-refractivity contribution is 0.533. The monoisotopic (exact) mass is 299 g/mol. The van der Waals surface area contributed by atoms with Gasteiger partial charge < -0.3 is 5.73 Å². The van der Waals surface area contributed by atoms with Crippen molar-refractivity contribution in [3.63, 3.8) is 0 Å². The third-order valence-electron chi connectivity index (χ3n) is 3.01. The molecule has 2 rings (SSSR count). The van der Waals surface area contributed by atoms with Crippen molar-refractivity contribution in [1.82, 2.24) is 0 Å². The number of nitrogens with two attached hydrogens (primary N) is 1. The van der Waals surface area contributed by atoms with E-state index in [9.17, 15) is 13.2 Å². The van der Waals surface area contributed by atoms with Gasteiger partial charge in [-0.2, -0.15) is 0 Å². The Balaban J connectivity index is 2.09. The molecule has 0 heterocycles. The third kappa shape index (κ3) is 3.52. The summed E-state index contributed by atoms with van der Waals surface area (Å²) in [4.78, 5) is 0. The predicted molar refractivity (Wildman–Crippen MR) is 73.2 cm³/mol. The van der Waals surface area contributed by atoms with Gasteiger partial charge in [0, 0.05) is 11.6 Å². The lowest BCUT2D eigenvalue weighted by atomic mass is 9.99. The molecule has 0 aliphatic carbocycles. The molecular formula is C15H13ClF3N. The van der Waals surface area contributed by atoms with Gasteiger partial charge in [-0.15, -0.1) is 0 Å². The van der Waals surface area contributed by atoms with Crippen LogP contribution in [0.4, 0.5) is 13.2 Å². The molecule has 0 aliphatic heterocycles. The standard InChI is InChI=1S/C15H13ClF3N/c16-12-7-9(4-5-15(12)19)6-10(20)8-11-13(17)2-1-3-14(11)18/h1-5,7,10H,6,8,20H2. The van der Waals surface area contributed by atoms with Crippen LogP contribution in [0.1, 0.15) is 11.1 Å². The summed E-state index contributed by atoms with van der Waals surface area (Å²) in [6.45, 7) is 0. The van der Waals surface area contributed by atoms with Gasteiger partial charge in [0.2, 0.25) is 0 Å². The Morgan fingerprint density at radius 3 is 2.20 bits per heavy atom. The molecule has 0 saturated heterocycles. The normalized spacial score (nSPS) is 12.4. The molecule has 0 bridgehead atoms. The highest BCUT2D eigenvalue weighted by molar-refractivity contribution is 6.30. The first kappa shape index (κ1) is 14.9. The Morgan fingerprint density at radius 1 is 0.950 bits per heavy atom. The molecule has 0 amide bonds. The van der Waals surface area contributed by atoms with Crippen molar-refractivity contribution in [3.8, 4) is 0 Å². The number of hydrogen-bond donors (Lipinski definition) is 1. The van der Waals surface area contributed by atoms with Crippen molar-refractivity contribution >= 4 is 11.6 Å². The lowest BCUT2D eigenvalue weighted by Crippen LogP contribution is -2.26. The highest BCUT2D eigenvalue weighted by Crippen LogP contribution is 2.19. The smallest absolute Gasteiger partial charge is 0.141 e. The van der Waals surface area contributed by atoms with Crippen molar-refractivity contribution in [2.75, 3.05) is 0 Å². The number of benzene rings is 2. The van der Waals surface area contributed by atoms with Crippen LogP contribution in [0.15, 0.2) is 36.4 Å². The molecule has 0 spiro atoms. The van der Waals surface area contributed by atoms with Crippen LogP contribution in [0.25, 0.3) is 0 Å². The van der Waals surface area contributed by atoms with Gasteiger partial charge in [0.05, 0.1) is 5.02 Å². The van der Waals surface area contributed by atoms with Crippen LogP contribution in [-0.4, -0.2) is 6.04 Å². The van der Waals surface area contributed by atoms with E-state index < -0.39 is 23.5 Å². The molecule has 2 aromatic rings. The predicted octanol–water partition coefficient (Wildman–Crippen LogP) is 3.87. The lowest BCUT2D eigenvalue weighted by Gasteiger charge is -2.13. The summed E-state index contributed by atoms with van der Waals surface area (Å²) in [6, 6.07) is 7.48. The van der Waals surface area contributed by atoms with Gasteiger partial charge in [-0.1, -0.05) is 23.7 Å². The Kier molecular flexibility index (Phi) is 4.68. The van der Waals surface area contributed by atoms with E-state index in [1.54, 1.807) is 6.07 Å². The fourth-order valence-corrected chi connectivity index (χ4v) is 2.23. The van der Waals surface area contributed by atoms with Crippen LogP contribution >= 0.6 is 11.6 Å². The van der Waals surface area contributed by atoms with Gasteiger partial charge in [0.25, 0.3) is 0 Å². The molecule has 0 radical (unpaired) electrons. The van der Waals surface area contributed by atoms with Crippen molar-refractivity contribution in [3.05, 3.63) is 70.0 Å². The van der Waals surface area contributed by atoms with Crippen molar-refractivity contribution in [1.29, 1.82) is 0 Å². The maximum Gasteiger partial charge on any atom is 0.141 e. The zero-order chi connectivity index (χ0) is 14.7. The van der Waals surface area contributed by atoms with Crippen LogP contribution in [-0.2, 0) is 12.8 Å². The Morgan fingerprint density at radius 2 is 1.60 bits per heavy atom. The van der Waals surface area contributed by atoms with Crippen molar-refractivity contribution in [2.45, 2.75) is 18.9 Å². The third-order valence-corrected chi connectivity index (χ3v) is 3.30. The van der Waals surface area contributed by atoms with Gasteiger partial charge in [-0.05, 0) is 42.7 Å². The summed E-state index contributed by atoms with van der Waals surface area (Å²) in [5.41, 5.74) is 6.58. The van der Waals surface area contributed by atoms with E-state index in [0.717, 1.165) is 5.56 Å². The van der Waals surface area contributed by atoms with Gasteiger partial charge in [-0.3, -0.25) is 0 Å². The number of rotatable bonds is 4. The van der Waals surface area contributed by atoms with Crippen LogP contribution in [0.3, 0.4) is 0 Å². The molecule has 1 atom stereocenters. The molecule has 1 nitrogen and oxygen atoms in total. The molecule has 0 saturated carbocycles. The van der Waals surface area contributed by atoms with E-state index in [-0.39, 0.29) is 17.0 Å². The molecule has 2 N–H and O–H groups in total. The quantitative estimate of drug-likeness (QED) is 0.911.